The minimum Gasteiger partial charge on any atom is -0.0623 e. The fourth-order valence-electron chi connectivity index (χ4n) is 2.15. The van der Waals surface area contributed by atoms with Gasteiger partial charge in [0.15, 0.2) is 0 Å². The van der Waals surface area contributed by atoms with Gasteiger partial charge in [-0.1, -0.05) is 40.5 Å². The molecular formula is C11H22. The summed E-state index contributed by atoms with van der Waals surface area (Å²) in [6, 6.07) is 0. The van der Waals surface area contributed by atoms with E-state index in [9.17, 15) is 0 Å². The maximum atomic E-state index is 2.42. The number of hydrogen-bond acceptors (Lipinski definition) is 0. The molecule has 1 aliphatic rings. The predicted molar refractivity (Wildman–Crippen MR) is 50.5 cm³/mol. The molecule has 0 heteroatoms. The first-order valence-corrected chi connectivity index (χ1v) is 5.11. The molecule has 1 aliphatic carbocycles. The van der Waals surface area contributed by atoms with Crippen LogP contribution in [0.5, 0.6) is 0 Å². The van der Waals surface area contributed by atoms with Gasteiger partial charge in [-0.05, 0) is 30.1 Å². The Hall–Kier alpha value is 0. The van der Waals surface area contributed by atoms with Crippen LogP contribution < -0.4 is 0 Å². The molecule has 0 heterocycles. The Morgan fingerprint density at radius 2 is 1.00 bits per heavy atom. The fourth-order valence-corrected chi connectivity index (χ4v) is 2.15. The smallest absolute Gasteiger partial charge is 0.0414 e. The van der Waals surface area contributed by atoms with Gasteiger partial charge in [-0.15, -0.1) is 0 Å². The molecule has 1 saturated carbocycles. The van der Waals surface area contributed by atoms with E-state index in [0.717, 1.165) is 23.7 Å². The second-order valence-electron chi connectivity index (χ2n) is 4.72. The molecule has 0 aromatic carbocycles. The Morgan fingerprint density at radius 1 is 0.636 bits per heavy atom. The monoisotopic (exact) mass is 154 g/mol. The highest BCUT2D eigenvalue weighted by Crippen LogP contribution is 2.34. The molecule has 0 aromatic rings. The number of hydrogen-bond donors (Lipinski definition) is 0. The second kappa shape index (κ2) is 3.60. The van der Waals surface area contributed by atoms with Crippen LogP contribution in [0.1, 0.15) is 47.0 Å². The van der Waals surface area contributed by atoms with Gasteiger partial charge in [0, 0.05) is 0 Å². The molecule has 66 valence electrons. The quantitative estimate of drug-likeness (QED) is 0.466. The largest absolute Gasteiger partial charge is 0.0623 e. The molecule has 0 nitrogen and oxygen atoms in total. The van der Waals surface area contributed by atoms with Crippen molar-refractivity contribution in [2.75, 3.05) is 0 Å². The zero-order valence-corrected chi connectivity index (χ0v) is 8.43. The summed E-state index contributed by atoms with van der Waals surface area (Å²) in [5.41, 5.74) is 0. The third-order valence-corrected chi connectivity index (χ3v) is 3.76. The van der Waals surface area contributed by atoms with Crippen LogP contribution in [-0.2, 0) is 0 Å². The van der Waals surface area contributed by atoms with E-state index < -0.39 is 0 Å². The Morgan fingerprint density at radius 3 is 1.36 bits per heavy atom. The maximum absolute atomic E-state index is 2.42. The molecule has 0 spiro atoms. The topological polar surface area (TPSA) is 0 Å². The van der Waals surface area contributed by atoms with Crippen molar-refractivity contribution in [2.24, 2.45) is 23.7 Å². The van der Waals surface area contributed by atoms with Crippen molar-refractivity contribution in [3.8, 4) is 0 Å². The lowest BCUT2D eigenvalue weighted by molar-refractivity contribution is 0.318. The summed E-state index contributed by atoms with van der Waals surface area (Å²) in [5, 5.41) is 0. The van der Waals surface area contributed by atoms with Crippen molar-refractivity contribution in [1.29, 1.82) is 0 Å². The first kappa shape index (κ1) is 9.09. The summed E-state index contributed by atoms with van der Waals surface area (Å²) in [5.74, 6) is 3.83. The molecule has 0 aliphatic heterocycles. The van der Waals surface area contributed by atoms with E-state index in [2.05, 4.69) is 27.7 Å². The minimum absolute atomic E-state index is 0.954. The number of rotatable bonds is 0. The van der Waals surface area contributed by atoms with E-state index in [-0.39, 0.29) is 0 Å². The van der Waals surface area contributed by atoms with Gasteiger partial charge >= 0.3 is 0 Å². The van der Waals surface area contributed by atoms with Gasteiger partial charge in [0.25, 0.3) is 0 Å². The summed E-state index contributed by atoms with van der Waals surface area (Å²) in [6.45, 7) is 9.66. The van der Waals surface area contributed by atoms with Crippen molar-refractivity contribution in [3.05, 3.63) is 0 Å². The Kier molecular flexibility index (Phi) is 2.98. The highest BCUT2D eigenvalue weighted by atomic mass is 14.3. The van der Waals surface area contributed by atoms with E-state index in [4.69, 9.17) is 0 Å². The van der Waals surface area contributed by atoms with Gasteiger partial charge in [-0.25, -0.2) is 0 Å². The lowest BCUT2D eigenvalue weighted by Crippen LogP contribution is -2.09. The molecule has 4 unspecified atom stereocenters. The van der Waals surface area contributed by atoms with Crippen LogP contribution in [0.4, 0.5) is 0 Å². The third-order valence-electron chi connectivity index (χ3n) is 3.76. The van der Waals surface area contributed by atoms with Crippen LogP contribution in [-0.4, -0.2) is 0 Å². The van der Waals surface area contributed by atoms with Gasteiger partial charge in [0.05, 0.1) is 0 Å². The summed E-state index contributed by atoms with van der Waals surface area (Å²) < 4.78 is 0. The van der Waals surface area contributed by atoms with E-state index in [1.54, 1.807) is 0 Å². The van der Waals surface area contributed by atoms with Crippen molar-refractivity contribution >= 4 is 0 Å². The standard InChI is InChI=1S/C11H22/c1-8-5-6-9(2)11(4)7-10(8)3/h8-11H,5-7H2,1-4H3. The zero-order valence-electron chi connectivity index (χ0n) is 8.43. The lowest BCUT2D eigenvalue weighted by Gasteiger charge is -2.18. The lowest BCUT2D eigenvalue weighted by atomic mass is 9.87. The Labute approximate surface area is 71.4 Å². The molecule has 0 saturated heterocycles. The van der Waals surface area contributed by atoms with Crippen LogP contribution in [0.3, 0.4) is 0 Å². The zero-order chi connectivity index (χ0) is 8.43. The summed E-state index contributed by atoms with van der Waals surface area (Å²) in [6.07, 6.45) is 4.35. The molecule has 0 N–H and O–H groups in total. The average molecular weight is 154 g/mol. The van der Waals surface area contributed by atoms with Gasteiger partial charge < -0.3 is 0 Å². The molecule has 0 bridgehead atoms. The van der Waals surface area contributed by atoms with Gasteiger partial charge in [-0.2, -0.15) is 0 Å². The van der Waals surface area contributed by atoms with Crippen LogP contribution in [0.2, 0.25) is 0 Å². The molecule has 1 rings (SSSR count). The molecule has 0 radical (unpaired) electrons. The second-order valence-corrected chi connectivity index (χ2v) is 4.72. The van der Waals surface area contributed by atoms with Crippen molar-refractivity contribution in [1.82, 2.24) is 0 Å². The maximum Gasteiger partial charge on any atom is -0.0414 e. The highest BCUT2D eigenvalue weighted by molar-refractivity contribution is 4.74. The Balaban J connectivity index is 2.51. The third kappa shape index (κ3) is 2.21. The predicted octanol–water partition coefficient (Wildman–Crippen LogP) is 3.71. The normalized spacial score (nSPS) is 46.9. The van der Waals surface area contributed by atoms with E-state index >= 15 is 0 Å². The summed E-state index contributed by atoms with van der Waals surface area (Å²) in [4.78, 5) is 0. The minimum atomic E-state index is 0.954. The van der Waals surface area contributed by atoms with Crippen molar-refractivity contribution in [3.63, 3.8) is 0 Å². The molecule has 0 amide bonds. The van der Waals surface area contributed by atoms with Crippen LogP contribution in [0.15, 0.2) is 0 Å². The molecule has 4 atom stereocenters. The average Bonchev–Trinajstić information content (AvgIpc) is 2.05. The van der Waals surface area contributed by atoms with Gasteiger partial charge in [0.1, 0.15) is 0 Å². The molecular weight excluding hydrogens is 132 g/mol. The van der Waals surface area contributed by atoms with Crippen LogP contribution >= 0.6 is 0 Å². The van der Waals surface area contributed by atoms with Crippen LogP contribution in [0.25, 0.3) is 0 Å². The molecule has 0 aromatic heterocycles. The van der Waals surface area contributed by atoms with E-state index in [1.807, 2.05) is 0 Å². The first-order valence-electron chi connectivity index (χ1n) is 5.11. The van der Waals surface area contributed by atoms with Gasteiger partial charge in [0.2, 0.25) is 0 Å². The van der Waals surface area contributed by atoms with Crippen LogP contribution in [0, 0.1) is 23.7 Å². The fraction of sp³-hybridized carbons (Fsp3) is 1.00. The Bertz CT molecular complexity index is 103. The van der Waals surface area contributed by atoms with Crippen molar-refractivity contribution < 1.29 is 0 Å². The van der Waals surface area contributed by atoms with Crippen molar-refractivity contribution in [2.45, 2.75) is 47.0 Å². The first-order chi connectivity index (χ1) is 5.11. The highest BCUT2D eigenvalue weighted by Gasteiger charge is 2.23. The summed E-state index contributed by atoms with van der Waals surface area (Å²) >= 11 is 0. The van der Waals surface area contributed by atoms with E-state index in [0.29, 0.717) is 0 Å². The summed E-state index contributed by atoms with van der Waals surface area (Å²) in [7, 11) is 0. The SMILES string of the molecule is CC1CCC(C)C(C)CC1C. The molecule has 1 fully saturated rings. The molecule has 11 heavy (non-hydrogen) atoms. The van der Waals surface area contributed by atoms with E-state index in [1.165, 1.54) is 19.3 Å². The van der Waals surface area contributed by atoms with Gasteiger partial charge in [-0.3, -0.25) is 0 Å².